The number of ether oxygens (including phenoxy) is 4. The molecule has 1 atom stereocenters. The molecule has 0 bridgehead atoms. The third-order valence-corrected chi connectivity index (χ3v) is 5.45. The van der Waals surface area contributed by atoms with Crippen molar-refractivity contribution in [2.24, 2.45) is 5.73 Å². The van der Waals surface area contributed by atoms with E-state index in [0.717, 1.165) is 5.56 Å². The molecule has 1 amide bonds. The molecule has 0 aliphatic carbocycles. The second-order valence-corrected chi connectivity index (χ2v) is 7.35. The Morgan fingerprint density at radius 1 is 0.970 bits per heavy atom. The Hall–Kier alpha value is -4.21. The van der Waals surface area contributed by atoms with Gasteiger partial charge in [0.05, 0.1) is 34.0 Å². The van der Waals surface area contributed by atoms with Crippen molar-refractivity contribution in [1.82, 2.24) is 14.8 Å². The number of primary amides is 1. The minimum absolute atomic E-state index is 0.370. The highest BCUT2D eigenvalue weighted by atomic mass is 16.5. The number of hydrogen-bond acceptors (Lipinski definition) is 8. The predicted molar refractivity (Wildman–Crippen MR) is 122 cm³/mol. The van der Waals surface area contributed by atoms with Crippen LogP contribution in [-0.2, 0) is 4.79 Å². The van der Waals surface area contributed by atoms with E-state index in [1.165, 1.54) is 0 Å². The number of aromatic nitrogens is 3. The van der Waals surface area contributed by atoms with Crippen LogP contribution in [-0.4, -0.2) is 49.1 Å². The van der Waals surface area contributed by atoms with Crippen molar-refractivity contribution in [2.75, 3.05) is 33.8 Å². The smallest absolute Gasteiger partial charge is 0.248 e. The molecule has 10 heteroatoms. The minimum atomic E-state index is -0.618. The van der Waals surface area contributed by atoms with Gasteiger partial charge in [0.1, 0.15) is 17.5 Å². The number of amides is 1. The molecule has 2 aromatic carbocycles. The Balaban J connectivity index is 1.88. The molecule has 3 N–H and O–H groups in total. The average molecular weight is 451 g/mol. The number of nitrogens with zero attached hydrogens (tertiary/aromatic N) is 3. The third-order valence-electron chi connectivity index (χ3n) is 5.45. The molecule has 1 aliphatic rings. The molecule has 0 spiro atoms. The SMILES string of the molecule is COc1cc(OC)cc(-c2nc3n(n2)[C@@H](c2ccc(OC)c(OC)c2)C(C(N)=O)=C(C)N3)c1. The molecule has 0 unspecified atom stereocenters. The fraction of sp³-hybridized carbons (Fsp3) is 0.261. The van der Waals surface area contributed by atoms with Crippen LogP contribution in [0.15, 0.2) is 47.7 Å². The highest BCUT2D eigenvalue weighted by Crippen LogP contribution is 2.39. The van der Waals surface area contributed by atoms with Gasteiger partial charge in [-0.3, -0.25) is 4.79 Å². The highest BCUT2D eigenvalue weighted by Gasteiger charge is 2.34. The van der Waals surface area contributed by atoms with Crippen molar-refractivity contribution in [3.05, 3.63) is 53.2 Å². The summed E-state index contributed by atoms with van der Waals surface area (Å²) in [6, 6.07) is 10.2. The number of anilines is 1. The lowest BCUT2D eigenvalue weighted by Gasteiger charge is -2.28. The van der Waals surface area contributed by atoms with Crippen LogP contribution in [0.1, 0.15) is 18.5 Å². The number of carbonyl (C=O) groups is 1. The van der Waals surface area contributed by atoms with Crippen LogP contribution in [0.3, 0.4) is 0 Å². The van der Waals surface area contributed by atoms with Gasteiger partial charge < -0.3 is 30.0 Å². The van der Waals surface area contributed by atoms with Crippen molar-refractivity contribution in [3.8, 4) is 34.4 Å². The van der Waals surface area contributed by atoms with E-state index in [-0.39, 0.29) is 0 Å². The van der Waals surface area contributed by atoms with E-state index >= 15 is 0 Å². The fourth-order valence-electron chi connectivity index (χ4n) is 3.86. The molecule has 3 aromatic rings. The number of fused-ring (bicyclic) bond motifs is 1. The van der Waals surface area contributed by atoms with E-state index < -0.39 is 11.9 Å². The number of carbonyl (C=O) groups excluding carboxylic acids is 1. The summed E-state index contributed by atoms with van der Waals surface area (Å²) >= 11 is 0. The van der Waals surface area contributed by atoms with Crippen LogP contribution in [0.2, 0.25) is 0 Å². The van der Waals surface area contributed by atoms with Gasteiger partial charge in [0, 0.05) is 17.3 Å². The van der Waals surface area contributed by atoms with Crippen LogP contribution in [0.5, 0.6) is 23.0 Å². The lowest BCUT2D eigenvalue weighted by molar-refractivity contribution is -0.115. The quantitative estimate of drug-likeness (QED) is 0.562. The summed E-state index contributed by atoms with van der Waals surface area (Å²) in [6.07, 6.45) is 0. The molecule has 0 fully saturated rings. The summed E-state index contributed by atoms with van der Waals surface area (Å²) in [5, 5.41) is 7.85. The maximum Gasteiger partial charge on any atom is 0.248 e. The van der Waals surface area contributed by atoms with Crippen LogP contribution in [0.4, 0.5) is 5.95 Å². The monoisotopic (exact) mass is 451 g/mol. The second kappa shape index (κ2) is 8.73. The summed E-state index contributed by atoms with van der Waals surface area (Å²) in [5.41, 5.74) is 8.17. The number of benzene rings is 2. The average Bonchev–Trinajstić information content (AvgIpc) is 3.25. The lowest BCUT2D eigenvalue weighted by Crippen LogP contribution is -2.31. The molecule has 4 rings (SSSR count). The Morgan fingerprint density at radius 2 is 1.64 bits per heavy atom. The number of hydrogen-bond donors (Lipinski definition) is 2. The predicted octanol–water partition coefficient (Wildman–Crippen LogP) is 2.75. The minimum Gasteiger partial charge on any atom is -0.497 e. The Labute approximate surface area is 190 Å². The van der Waals surface area contributed by atoms with Crippen molar-refractivity contribution < 1.29 is 23.7 Å². The topological polar surface area (TPSA) is 123 Å². The molecule has 1 aliphatic heterocycles. The highest BCUT2D eigenvalue weighted by molar-refractivity contribution is 5.95. The van der Waals surface area contributed by atoms with Crippen molar-refractivity contribution >= 4 is 11.9 Å². The molecule has 0 saturated heterocycles. The molecule has 10 nitrogen and oxygen atoms in total. The van der Waals surface area contributed by atoms with Crippen molar-refractivity contribution in [1.29, 1.82) is 0 Å². The van der Waals surface area contributed by atoms with Crippen LogP contribution in [0.25, 0.3) is 11.4 Å². The van der Waals surface area contributed by atoms with Gasteiger partial charge >= 0.3 is 0 Å². The first-order chi connectivity index (χ1) is 15.9. The largest absolute Gasteiger partial charge is 0.497 e. The van der Waals surface area contributed by atoms with E-state index in [2.05, 4.69) is 10.3 Å². The zero-order valence-corrected chi connectivity index (χ0v) is 19.0. The van der Waals surface area contributed by atoms with Crippen LogP contribution < -0.4 is 30.0 Å². The molecule has 33 heavy (non-hydrogen) atoms. The normalized spacial score (nSPS) is 14.9. The Morgan fingerprint density at radius 3 is 2.21 bits per heavy atom. The molecule has 172 valence electrons. The zero-order chi connectivity index (χ0) is 23.7. The van der Waals surface area contributed by atoms with Gasteiger partial charge in [0.2, 0.25) is 11.9 Å². The fourth-order valence-corrected chi connectivity index (χ4v) is 3.86. The molecular weight excluding hydrogens is 426 g/mol. The summed E-state index contributed by atoms with van der Waals surface area (Å²) < 4.78 is 23.2. The van der Waals surface area contributed by atoms with Gasteiger partial charge in [-0.2, -0.15) is 4.98 Å². The number of allylic oxidation sites excluding steroid dienone is 1. The first-order valence-electron chi connectivity index (χ1n) is 10.1. The molecule has 0 saturated carbocycles. The van der Waals surface area contributed by atoms with Gasteiger partial charge in [-0.1, -0.05) is 6.07 Å². The zero-order valence-electron chi connectivity index (χ0n) is 19.0. The van der Waals surface area contributed by atoms with Gasteiger partial charge in [-0.05, 0) is 36.8 Å². The van der Waals surface area contributed by atoms with Crippen molar-refractivity contribution in [2.45, 2.75) is 13.0 Å². The first-order valence-corrected chi connectivity index (χ1v) is 10.1. The van der Waals surface area contributed by atoms with Gasteiger partial charge in [0.15, 0.2) is 17.3 Å². The van der Waals surface area contributed by atoms with E-state index in [0.29, 0.717) is 51.6 Å². The molecule has 2 heterocycles. The van der Waals surface area contributed by atoms with Crippen LogP contribution in [0, 0.1) is 0 Å². The number of nitrogens with two attached hydrogens (primary N) is 1. The maximum atomic E-state index is 12.5. The number of nitrogens with one attached hydrogen (secondary N) is 1. The van der Waals surface area contributed by atoms with Crippen molar-refractivity contribution in [3.63, 3.8) is 0 Å². The summed E-state index contributed by atoms with van der Waals surface area (Å²) in [6.45, 7) is 1.78. The summed E-state index contributed by atoms with van der Waals surface area (Å²) in [7, 11) is 6.26. The lowest BCUT2D eigenvalue weighted by atomic mass is 9.95. The van der Waals surface area contributed by atoms with E-state index in [9.17, 15) is 4.79 Å². The molecule has 0 radical (unpaired) electrons. The maximum absolute atomic E-state index is 12.5. The third kappa shape index (κ3) is 3.91. The van der Waals surface area contributed by atoms with E-state index in [4.69, 9.17) is 29.8 Å². The van der Waals surface area contributed by atoms with E-state index in [1.54, 1.807) is 58.2 Å². The van der Waals surface area contributed by atoms with Crippen LogP contribution >= 0.6 is 0 Å². The number of methoxy groups -OCH3 is 4. The standard InChI is InChI=1S/C23H25N5O5/c1-12-19(21(24)29)20(13-6-7-17(32-4)18(10-13)33-5)28-23(25-12)26-22(27-28)14-8-15(30-2)11-16(9-14)31-3/h6-11,20H,1-5H3,(H2,24,29)(H,25,26,27)/t20-/m0/s1. The van der Waals surface area contributed by atoms with E-state index in [1.807, 2.05) is 18.2 Å². The van der Waals surface area contributed by atoms with Gasteiger partial charge in [-0.15, -0.1) is 5.10 Å². The summed E-state index contributed by atoms with van der Waals surface area (Å²) in [4.78, 5) is 17.1. The molecule has 1 aromatic heterocycles. The Bertz CT molecular complexity index is 1230. The van der Waals surface area contributed by atoms with Gasteiger partial charge in [-0.25, -0.2) is 4.68 Å². The second-order valence-electron chi connectivity index (χ2n) is 7.35. The number of rotatable bonds is 7. The molecular formula is C23H25N5O5. The summed E-state index contributed by atoms with van der Waals surface area (Å²) in [5.74, 6) is 2.63. The first kappa shape index (κ1) is 22.0. The van der Waals surface area contributed by atoms with Gasteiger partial charge in [0.25, 0.3) is 0 Å². The Kier molecular flexibility index (Phi) is 5.82.